The molecule has 0 saturated heterocycles. The lowest BCUT2D eigenvalue weighted by Crippen LogP contribution is -2.35. The summed E-state index contributed by atoms with van der Waals surface area (Å²) in [6, 6.07) is 5.69. The van der Waals surface area contributed by atoms with E-state index in [1.54, 1.807) is 5.01 Å². The Balaban J connectivity index is 1.81. The number of aliphatic hydroxyl groups is 1. The van der Waals surface area contributed by atoms with Crippen molar-refractivity contribution in [3.05, 3.63) is 53.1 Å². The van der Waals surface area contributed by atoms with Crippen LogP contribution in [0.5, 0.6) is 0 Å². The molecule has 0 saturated carbocycles. The molecule has 2 heterocycles. The van der Waals surface area contributed by atoms with Crippen molar-refractivity contribution >= 4 is 29.0 Å². The number of aliphatic hydroxyl groups excluding tert-OH is 1. The standard InChI is InChI=1S/C17H18ClN5O2/c1-11-2-3-14(6-15(11)18)23-9-12(4-5-24)16(22-23)21-17(25)13-7-19-10-20-8-13/h2-3,6-8,10,12,24H,4-5,9H2,1H3,(H,21,22,25)/t12-/m0/s1. The van der Waals surface area contributed by atoms with Crippen molar-refractivity contribution in [2.24, 2.45) is 11.0 Å². The zero-order valence-electron chi connectivity index (χ0n) is 13.7. The highest BCUT2D eigenvalue weighted by Gasteiger charge is 2.29. The van der Waals surface area contributed by atoms with Gasteiger partial charge >= 0.3 is 0 Å². The maximum Gasteiger partial charge on any atom is 0.259 e. The maximum atomic E-state index is 12.3. The van der Waals surface area contributed by atoms with Gasteiger partial charge in [0.15, 0.2) is 0 Å². The van der Waals surface area contributed by atoms with Gasteiger partial charge in [0.25, 0.3) is 5.91 Å². The molecule has 1 aromatic heterocycles. The lowest BCUT2D eigenvalue weighted by atomic mass is 10.1. The summed E-state index contributed by atoms with van der Waals surface area (Å²) in [5.41, 5.74) is 2.17. The van der Waals surface area contributed by atoms with Crippen molar-refractivity contribution in [1.82, 2.24) is 15.3 Å². The number of rotatable bonds is 4. The minimum absolute atomic E-state index is 0.0104. The summed E-state index contributed by atoms with van der Waals surface area (Å²) in [7, 11) is 0. The van der Waals surface area contributed by atoms with E-state index in [-0.39, 0.29) is 18.4 Å². The number of nitrogens with zero attached hydrogens (tertiary/aromatic N) is 4. The van der Waals surface area contributed by atoms with Crippen molar-refractivity contribution in [1.29, 1.82) is 0 Å². The minimum atomic E-state index is -0.328. The molecule has 0 radical (unpaired) electrons. The van der Waals surface area contributed by atoms with Crippen molar-refractivity contribution in [3.63, 3.8) is 0 Å². The van der Waals surface area contributed by atoms with E-state index in [9.17, 15) is 9.90 Å². The highest BCUT2D eigenvalue weighted by atomic mass is 35.5. The fraction of sp³-hybridized carbons (Fsp3) is 0.294. The third-order valence-corrected chi connectivity index (χ3v) is 4.41. The van der Waals surface area contributed by atoms with Crippen molar-refractivity contribution in [2.45, 2.75) is 13.3 Å². The van der Waals surface area contributed by atoms with Crippen LogP contribution in [0, 0.1) is 12.8 Å². The van der Waals surface area contributed by atoms with Crippen LogP contribution < -0.4 is 10.3 Å². The molecule has 0 unspecified atom stereocenters. The molecule has 1 aliphatic rings. The van der Waals surface area contributed by atoms with Crippen molar-refractivity contribution < 1.29 is 9.90 Å². The quantitative estimate of drug-likeness (QED) is 0.871. The largest absolute Gasteiger partial charge is 0.396 e. The highest BCUT2D eigenvalue weighted by molar-refractivity contribution is 6.31. The van der Waals surface area contributed by atoms with Gasteiger partial charge in [0.1, 0.15) is 12.2 Å². The van der Waals surface area contributed by atoms with Crippen molar-refractivity contribution in [3.8, 4) is 0 Å². The number of hydrogen-bond acceptors (Lipinski definition) is 6. The fourth-order valence-electron chi connectivity index (χ4n) is 2.57. The molecule has 1 atom stereocenters. The van der Waals surface area contributed by atoms with E-state index in [0.717, 1.165) is 11.3 Å². The number of amidine groups is 1. The molecular formula is C17H18ClN5O2. The normalized spacial score (nSPS) is 16.7. The van der Waals surface area contributed by atoms with Gasteiger partial charge < -0.3 is 10.4 Å². The Morgan fingerprint density at radius 3 is 2.84 bits per heavy atom. The minimum Gasteiger partial charge on any atom is -0.396 e. The third kappa shape index (κ3) is 3.94. The average molecular weight is 360 g/mol. The first-order valence-electron chi connectivity index (χ1n) is 7.88. The molecule has 0 aliphatic carbocycles. The molecule has 8 heteroatoms. The summed E-state index contributed by atoms with van der Waals surface area (Å²) in [5, 5.41) is 19.0. The van der Waals surface area contributed by atoms with E-state index < -0.39 is 0 Å². The lowest BCUT2D eigenvalue weighted by Gasteiger charge is -2.16. The van der Waals surface area contributed by atoms with Gasteiger partial charge in [0.05, 0.1) is 17.8 Å². The summed E-state index contributed by atoms with van der Waals surface area (Å²) in [6.45, 7) is 2.50. The number of aryl methyl sites for hydroxylation is 1. The first-order valence-corrected chi connectivity index (χ1v) is 8.25. The number of aromatic nitrogens is 2. The number of nitrogens with one attached hydrogen (secondary N) is 1. The van der Waals surface area contributed by atoms with Crippen LogP contribution in [0.2, 0.25) is 5.02 Å². The molecule has 1 aliphatic heterocycles. The molecule has 2 aromatic rings. The molecule has 3 rings (SSSR count). The summed E-state index contributed by atoms with van der Waals surface area (Å²) < 4.78 is 0. The number of carbonyl (C=O) groups is 1. The van der Waals surface area contributed by atoms with Gasteiger partial charge in [0, 0.05) is 29.9 Å². The van der Waals surface area contributed by atoms with Gasteiger partial charge in [-0.3, -0.25) is 9.80 Å². The van der Waals surface area contributed by atoms with Crippen LogP contribution in [-0.2, 0) is 0 Å². The molecule has 2 N–H and O–H groups in total. The monoisotopic (exact) mass is 359 g/mol. The van der Waals surface area contributed by atoms with Gasteiger partial charge in [0.2, 0.25) is 0 Å². The SMILES string of the molecule is Cc1ccc(N2C[C@H](CCO)C(NC(=O)c3cncnc3)=N2)cc1Cl. The van der Waals surface area contributed by atoms with Crippen LogP contribution >= 0.6 is 11.6 Å². The van der Waals surface area contributed by atoms with Crippen LogP contribution in [-0.4, -0.2) is 40.0 Å². The van der Waals surface area contributed by atoms with Gasteiger partial charge in [-0.15, -0.1) is 0 Å². The van der Waals surface area contributed by atoms with Crippen LogP contribution in [0.4, 0.5) is 5.69 Å². The second-order valence-electron chi connectivity index (χ2n) is 5.79. The molecule has 0 spiro atoms. The number of hydrazone groups is 1. The number of anilines is 1. The number of benzene rings is 1. The Morgan fingerprint density at radius 2 is 2.16 bits per heavy atom. The fourth-order valence-corrected chi connectivity index (χ4v) is 2.74. The molecule has 0 fully saturated rings. The molecule has 7 nitrogen and oxygen atoms in total. The second kappa shape index (κ2) is 7.58. The first kappa shape index (κ1) is 17.3. The van der Waals surface area contributed by atoms with Crippen LogP contribution in [0.15, 0.2) is 42.0 Å². The van der Waals surface area contributed by atoms with E-state index in [2.05, 4.69) is 20.4 Å². The molecule has 1 aromatic carbocycles. The van der Waals surface area contributed by atoms with Gasteiger partial charge in [-0.05, 0) is 31.0 Å². The van der Waals surface area contributed by atoms with Crippen LogP contribution in [0.1, 0.15) is 22.3 Å². The zero-order chi connectivity index (χ0) is 17.8. The van der Waals surface area contributed by atoms with E-state index >= 15 is 0 Å². The lowest BCUT2D eigenvalue weighted by molar-refractivity contribution is 0.0974. The summed E-state index contributed by atoms with van der Waals surface area (Å²) in [5.74, 6) is 0.101. The number of carbonyl (C=O) groups excluding carboxylic acids is 1. The molecular weight excluding hydrogens is 342 g/mol. The Hall–Kier alpha value is -2.51. The van der Waals surface area contributed by atoms with E-state index in [1.165, 1.54) is 18.7 Å². The molecule has 1 amide bonds. The van der Waals surface area contributed by atoms with Gasteiger partial charge in [-0.25, -0.2) is 9.97 Å². The summed E-state index contributed by atoms with van der Waals surface area (Å²) >= 11 is 6.19. The molecule has 25 heavy (non-hydrogen) atoms. The number of halogens is 1. The second-order valence-corrected chi connectivity index (χ2v) is 6.20. The summed E-state index contributed by atoms with van der Waals surface area (Å²) in [4.78, 5) is 20.0. The molecule has 130 valence electrons. The Bertz CT molecular complexity index is 797. The van der Waals surface area contributed by atoms with Crippen molar-refractivity contribution in [2.75, 3.05) is 18.2 Å². The Kier molecular flexibility index (Phi) is 5.25. The zero-order valence-corrected chi connectivity index (χ0v) is 14.4. The van der Waals surface area contributed by atoms with E-state index in [4.69, 9.17) is 11.6 Å². The average Bonchev–Trinajstić information content (AvgIpc) is 3.01. The Labute approximate surface area is 150 Å². The van der Waals surface area contributed by atoms with Gasteiger partial charge in [-0.2, -0.15) is 5.10 Å². The van der Waals surface area contributed by atoms with E-state index in [1.807, 2.05) is 25.1 Å². The Morgan fingerprint density at radius 1 is 1.40 bits per heavy atom. The number of hydrogen-bond donors (Lipinski definition) is 2. The highest BCUT2D eigenvalue weighted by Crippen LogP contribution is 2.27. The van der Waals surface area contributed by atoms with Crippen LogP contribution in [0.3, 0.4) is 0 Å². The topological polar surface area (TPSA) is 90.7 Å². The summed E-state index contributed by atoms with van der Waals surface area (Å²) in [6.07, 6.45) is 4.74. The number of amides is 1. The maximum absolute atomic E-state index is 12.3. The predicted octanol–water partition coefficient (Wildman–Crippen LogP) is 2.00. The van der Waals surface area contributed by atoms with Crippen LogP contribution in [0.25, 0.3) is 0 Å². The van der Waals surface area contributed by atoms with Gasteiger partial charge in [-0.1, -0.05) is 17.7 Å². The first-order chi connectivity index (χ1) is 12.1. The predicted molar refractivity (Wildman–Crippen MR) is 95.7 cm³/mol. The molecule has 0 bridgehead atoms. The third-order valence-electron chi connectivity index (χ3n) is 4.00. The smallest absolute Gasteiger partial charge is 0.259 e. The van der Waals surface area contributed by atoms with E-state index in [0.29, 0.717) is 29.4 Å².